The van der Waals surface area contributed by atoms with E-state index in [9.17, 15) is 13.5 Å². The first-order valence-corrected chi connectivity index (χ1v) is 8.91. The maximum absolute atomic E-state index is 12.6. The first-order valence-electron chi connectivity index (χ1n) is 7.42. The van der Waals surface area contributed by atoms with Crippen molar-refractivity contribution >= 4 is 10.0 Å². The molecule has 118 valence electrons. The minimum Gasteiger partial charge on any atom is -0.392 e. The second-order valence-corrected chi connectivity index (χ2v) is 8.27. The van der Waals surface area contributed by atoms with E-state index < -0.39 is 10.0 Å². The van der Waals surface area contributed by atoms with E-state index in [0.29, 0.717) is 18.0 Å². The standard InChI is InChI=1S/C16H25NO3S/c1-11(2)16(5-6-16)10-17-21(19,20)15-8-14(9-18)7-12(3)13(15)4/h7-8,11,17-18H,5-6,9-10H2,1-4H3. The number of nitrogens with one attached hydrogen (secondary N) is 1. The maximum atomic E-state index is 12.6. The molecule has 1 aromatic rings. The highest BCUT2D eigenvalue weighted by molar-refractivity contribution is 7.89. The van der Waals surface area contributed by atoms with Crippen LogP contribution in [0.3, 0.4) is 0 Å². The average molecular weight is 311 g/mol. The molecule has 21 heavy (non-hydrogen) atoms. The van der Waals surface area contributed by atoms with Gasteiger partial charge in [0.2, 0.25) is 10.0 Å². The Balaban J connectivity index is 2.26. The fourth-order valence-electron chi connectivity index (χ4n) is 2.70. The van der Waals surface area contributed by atoms with E-state index in [4.69, 9.17) is 0 Å². The molecule has 1 fully saturated rings. The van der Waals surface area contributed by atoms with Crippen LogP contribution in [-0.2, 0) is 16.6 Å². The molecule has 2 N–H and O–H groups in total. The minimum absolute atomic E-state index is 0.130. The summed E-state index contributed by atoms with van der Waals surface area (Å²) in [7, 11) is -3.53. The number of hydrogen-bond acceptors (Lipinski definition) is 3. The van der Waals surface area contributed by atoms with Crippen molar-refractivity contribution in [3.05, 3.63) is 28.8 Å². The number of aliphatic hydroxyl groups is 1. The number of aryl methyl sites for hydroxylation is 1. The van der Waals surface area contributed by atoms with Crippen molar-refractivity contribution in [2.24, 2.45) is 11.3 Å². The number of benzene rings is 1. The van der Waals surface area contributed by atoms with Gasteiger partial charge in [-0.3, -0.25) is 0 Å². The van der Waals surface area contributed by atoms with Gasteiger partial charge in [-0.2, -0.15) is 0 Å². The molecule has 0 aliphatic heterocycles. The molecule has 0 heterocycles. The summed E-state index contributed by atoms with van der Waals surface area (Å²) in [5.41, 5.74) is 2.38. The lowest BCUT2D eigenvalue weighted by Crippen LogP contribution is -2.33. The van der Waals surface area contributed by atoms with E-state index in [2.05, 4.69) is 18.6 Å². The summed E-state index contributed by atoms with van der Waals surface area (Å²) in [6.07, 6.45) is 2.17. The second kappa shape index (κ2) is 5.71. The lowest BCUT2D eigenvalue weighted by atomic mass is 9.93. The van der Waals surface area contributed by atoms with Crippen LogP contribution in [0.5, 0.6) is 0 Å². The van der Waals surface area contributed by atoms with Crippen LogP contribution in [0.2, 0.25) is 0 Å². The zero-order chi connectivity index (χ0) is 15.8. The van der Waals surface area contributed by atoms with Crippen LogP contribution in [0.4, 0.5) is 0 Å². The molecule has 0 unspecified atom stereocenters. The van der Waals surface area contributed by atoms with Gasteiger partial charge in [0.1, 0.15) is 0 Å². The topological polar surface area (TPSA) is 66.4 Å². The van der Waals surface area contributed by atoms with Crippen LogP contribution in [0.15, 0.2) is 17.0 Å². The largest absolute Gasteiger partial charge is 0.392 e. The average Bonchev–Trinajstić information content (AvgIpc) is 3.20. The van der Waals surface area contributed by atoms with Gasteiger partial charge in [-0.05, 0) is 60.8 Å². The molecule has 1 saturated carbocycles. The number of rotatable bonds is 6. The molecule has 5 heteroatoms. The van der Waals surface area contributed by atoms with Crippen LogP contribution in [0, 0.1) is 25.2 Å². The summed E-state index contributed by atoms with van der Waals surface area (Å²) in [5, 5.41) is 9.27. The zero-order valence-electron chi connectivity index (χ0n) is 13.2. The third kappa shape index (κ3) is 3.30. The lowest BCUT2D eigenvalue weighted by Gasteiger charge is -2.21. The van der Waals surface area contributed by atoms with E-state index in [1.54, 1.807) is 13.0 Å². The minimum atomic E-state index is -3.53. The lowest BCUT2D eigenvalue weighted by molar-refractivity contribution is 0.281. The monoisotopic (exact) mass is 311 g/mol. The molecule has 2 rings (SSSR count). The normalized spacial score (nSPS) is 17.2. The first-order chi connectivity index (χ1) is 9.72. The van der Waals surface area contributed by atoms with Crippen molar-refractivity contribution in [3.8, 4) is 0 Å². The van der Waals surface area contributed by atoms with Gasteiger partial charge >= 0.3 is 0 Å². The van der Waals surface area contributed by atoms with Crippen LogP contribution in [-0.4, -0.2) is 20.1 Å². The zero-order valence-corrected chi connectivity index (χ0v) is 14.0. The Hall–Kier alpha value is -0.910. The van der Waals surface area contributed by atoms with Crippen LogP contribution < -0.4 is 4.72 Å². The van der Waals surface area contributed by atoms with E-state index in [0.717, 1.165) is 24.0 Å². The Kier molecular flexibility index (Phi) is 4.47. The van der Waals surface area contributed by atoms with Gasteiger partial charge < -0.3 is 5.11 Å². The molecule has 4 nitrogen and oxygen atoms in total. The highest BCUT2D eigenvalue weighted by atomic mass is 32.2. The van der Waals surface area contributed by atoms with Gasteiger partial charge in [0.05, 0.1) is 11.5 Å². The van der Waals surface area contributed by atoms with Crippen molar-refractivity contribution in [1.29, 1.82) is 0 Å². The van der Waals surface area contributed by atoms with Crippen molar-refractivity contribution < 1.29 is 13.5 Å². The molecule has 0 radical (unpaired) electrons. The summed E-state index contributed by atoms with van der Waals surface area (Å²) >= 11 is 0. The van der Waals surface area contributed by atoms with E-state index >= 15 is 0 Å². The van der Waals surface area contributed by atoms with Gasteiger partial charge in [-0.1, -0.05) is 19.9 Å². The van der Waals surface area contributed by atoms with Gasteiger partial charge in [0.25, 0.3) is 0 Å². The van der Waals surface area contributed by atoms with Crippen molar-refractivity contribution in [2.75, 3.05) is 6.54 Å². The highest BCUT2D eigenvalue weighted by Gasteiger charge is 2.45. The molecule has 1 aromatic carbocycles. The number of sulfonamides is 1. The fourth-order valence-corrected chi connectivity index (χ4v) is 4.21. The number of hydrogen-bond donors (Lipinski definition) is 2. The van der Waals surface area contributed by atoms with E-state index in [1.165, 1.54) is 0 Å². The maximum Gasteiger partial charge on any atom is 0.240 e. The van der Waals surface area contributed by atoms with Crippen LogP contribution >= 0.6 is 0 Å². The van der Waals surface area contributed by atoms with Gasteiger partial charge in [0.15, 0.2) is 0 Å². The summed E-state index contributed by atoms with van der Waals surface area (Å²) in [5.74, 6) is 0.479. The van der Waals surface area contributed by atoms with Crippen molar-refractivity contribution in [3.63, 3.8) is 0 Å². The first kappa shape index (κ1) is 16.5. The number of aliphatic hydroxyl groups excluding tert-OH is 1. The predicted octanol–water partition coefficient (Wildman–Crippen LogP) is 2.51. The van der Waals surface area contributed by atoms with Crippen molar-refractivity contribution in [2.45, 2.75) is 52.0 Å². The molecule has 0 bridgehead atoms. The molecule has 0 amide bonds. The van der Waals surface area contributed by atoms with Crippen molar-refractivity contribution in [1.82, 2.24) is 4.72 Å². The molecule has 0 aromatic heterocycles. The van der Waals surface area contributed by atoms with Gasteiger partial charge in [-0.25, -0.2) is 13.1 Å². The molecule has 0 saturated heterocycles. The summed E-state index contributed by atoms with van der Waals surface area (Å²) in [6, 6.07) is 3.39. The molecule has 1 aliphatic carbocycles. The smallest absolute Gasteiger partial charge is 0.240 e. The third-order valence-electron chi connectivity index (χ3n) is 4.88. The Morgan fingerprint density at radius 1 is 1.29 bits per heavy atom. The SMILES string of the molecule is Cc1cc(CO)cc(S(=O)(=O)NCC2(C(C)C)CC2)c1C. The van der Waals surface area contributed by atoms with Crippen LogP contribution in [0.1, 0.15) is 43.4 Å². The fraction of sp³-hybridized carbons (Fsp3) is 0.625. The molecule has 0 spiro atoms. The molecular formula is C16H25NO3S. The Morgan fingerprint density at radius 3 is 2.38 bits per heavy atom. The summed E-state index contributed by atoms with van der Waals surface area (Å²) < 4.78 is 27.9. The Bertz CT molecular complexity index is 631. The quantitative estimate of drug-likeness (QED) is 0.848. The highest BCUT2D eigenvalue weighted by Crippen LogP contribution is 2.51. The molecule has 1 aliphatic rings. The Labute approximate surface area is 127 Å². The molecular weight excluding hydrogens is 286 g/mol. The second-order valence-electron chi connectivity index (χ2n) is 6.54. The van der Waals surface area contributed by atoms with Gasteiger partial charge in [-0.15, -0.1) is 0 Å². The van der Waals surface area contributed by atoms with Crippen LogP contribution in [0.25, 0.3) is 0 Å². The van der Waals surface area contributed by atoms with Gasteiger partial charge in [0, 0.05) is 6.54 Å². The molecule has 0 atom stereocenters. The summed E-state index contributed by atoms with van der Waals surface area (Å²) in [6.45, 7) is 8.30. The predicted molar refractivity (Wildman–Crippen MR) is 83.5 cm³/mol. The van der Waals surface area contributed by atoms with E-state index in [-0.39, 0.29) is 16.9 Å². The Morgan fingerprint density at radius 2 is 1.90 bits per heavy atom. The van der Waals surface area contributed by atoms with E-state index in [1.807, 2.05) is 13.0 Å². The summed E-state index contributed by atoms with van der Waals surface area (Å²) in [4.78, 5) is 0.283. The third-order valence-corrected chi connectivity index (χ3v) is 6.41.